The van der Waals surface area contributed by atoms with Gasteiger partial charge in [-0.1, -0.05) is 19.1 Å². The zero-order valence-corrected chi connectivity index (χ0v) is 29.5. The van der Waals surface area contributed by atoms with Crippen LogP contribution >= 0.6 is 0 Å². The van der Waals surface area contributed by atoms with Gasteiger partial charge in [0, 0.05) is 87.9 Å². The van der Waals surface area contributed by atoms with Crippen molar-refractivity contribution in [1.29, 1.82) is 0 Å². The van der Waals surface area contributed by atoms with Crippen LogP contribution in [-0.4, -0.2) is 108 Å². The van der Waals surface area contributed by atoms with Crippen molar-refractivity contribution in [3.05, 3.63) is 65.5 Å². The van der Waals surface area contributed by atoms with Gasteiger partial charge in [0.05, 0.1) is 29.6 Å². The molecular weight excluding hydrogens is 638 g/mol. The van der Waals surface area contributed by atoms with Crippen molar-refractivity contribution in [2.24, 2.45) is 29.1 Å². The Morgan fingerprint density at radius 2 is 1.88 bits per heavy atom. The first-order valence-corrected chi connectivity index (χ1v) is 18.0. The predicted octanol–water partition coefficient (Wildman–Crippen LogP) is 3.62. The Balaban J connectivity index is 1.16. The lowest BCUT2D eigenvalue weighted by atomic mass is 9.44. The maximum Gasteiger partial charge on any atom is 0.340 e. The number of pyridine rings is 1. The Labute approximate surface area is 293 Å². The van der Waals surface area contributed by atoms with Crippen LogP contribution in [0.25, 0.3) is 6.08 Å². The average molecular weight is 688 g/mol. The molecule has 1 aliphatic heterocycles. The number of ether oxygens (including phenoxy) is 4. The smallest absolute Gasteiger partial charge is 0.340 e. The lowest BCUT2D eigenvalue weighted by Gasteiger charge is -2.70. The number of esters is 1. The van der Waals surface area contributed by atoms with Crippen LogP contribution in [0.5, 0.6) is 0 Å². The number of methoxy groups -OCH3 is 3. The first-order valence-electron chi connectivity index (χ1n) is 18.0. The largest absolute Gasteiger partial charge is 0.454 e. The molecule has 1 saturated heterocycles. The molecule has 3 N–H and O–H groups in total. The molecule has 12 atom stereocenters. The van der Waals surface area contributed by atoms with Gasteiger partial charge in [0.2, 0.25) is 5.91 Å². The minimum absolute atomic E-state index is 0.0708. The summed E-state index contributed by atoms with van der Waals surface area (Å²) in [4.78, 5) is 34.0. The molecule has 2 heterocycles. The standard InChI is InChI=1S/C39H49N3O8/c1-6-42-21-36(50-35(44)24-9-7-8-10-27(24)41-32(43)12-11-23-20-40-16-14-22(23)2)15-13-31(48-4)38-29(36)18-26(33(38)42)37(45)19-28(47-3)25-17-30(38)39(37,46)34(25)49-5/h7-12,14,16,20,25-26,28-31,33-34,45-46H,6,13,15,17-19,21H2,1-5H3,(H,41,43)/b12-11+/t25-,26-,28+,29-,30+,31+,33?,34+,36-,37+,38+,39+/m1/s1. The summed E-state index contributed by atoms with van der Waals surface area (Å²) in [6, 6.07) is 8.74. The number of para-hydroxylation sites is 1. The van der Waals surface area contributed by atoms with E-state index in [0.717, 1.165) is 11.1 Å². The minimum atomic E-state index is -1.50. The highest BCUT2D eigenvalue weighted by molar-refractivity contribution is 6.06. The summed E-state index contributed by atoms with van der Waals surface area (Å²) in [5.41, 5.74) is -1.99. The number of amides is 1. The van der Waals surface area contributed by atoms with Crippen LogP contribution in [0.3, 0.4) is 0 Å². The van der Waals surface area contributed by atoms with E-state index in [4.69, 9.17) is 18.9 Å². The Morgan fingerprint density at radius 3 is 2.60 bits per heavy atom. The monoisotopic (exact) mass is 687 g/mol. The molecule has 50 heavy (non-hydrogen) atoms. The summed E-state index contributed by atoms with van der Waals surface area (Å²) in [6.07, 6.45) is 8.26. The molecule has 6 fully saturated rings. The van der Waals surface area contributed by atoms with Crippen LogP contribution < -0.4 is 5.32 Å². The van der Waals surface area contributed by atoms with Gasteiger partial charge in [0.15, 0.2) is 0 Å². The second kappa shape index (κ2) is 11.9. The van der Waals surface area contributed by atoms with Gasteiger partial charge in [-0.15, -0.1) is 0 Å². The Kier molecular flexibility index (Phi) is 8.09. The van der Waals surface area contributed by atoms with Crippen LogP contribution in [-0.2, 0) is 23.7 Å². The second-order valence-corrected chi connectivity index (χ2v) is 15.6. The number of carbonyl (C=O) groups excluding carboxylic acids is 2. The second-order valence-electron chi connectivity index (χ2n) is 15.6. The molecule has 2 aromatic rings. The number of rotatable bonds is 9. The summed E-state index contributed by atoms with van der Waals surface area (Å²) in [6.45, 7) is 5.27. The molecule has 1 spiro atoms. The molecule has 7 bridgehead atoms. The van der Waals surface area contributed by atoms with Crippen molar-refractivity contribution in [2.45, 2.75) is 87.1 Å². The summed E-state index contributed by atoms with van der Waals surface area (Å²) >= 11 is 0. The number of aliphatic hydroxyl groups is 2. The minimum Gasteiger partial charge on any atom is -0.454 e. The first kappa shape index (κ1) is 33.9. The zero-order valence-electron chi connectivity index (χ0n) is 29.5. The van der Waals surface area contributed by atoms with Gasteiger partial charge in [-0.25, -0.2) is 4.79 Å². The van der Waals surface area contributed by atoms with Gasteiger partial charge >= 0.3 is 5.97 Å². The fourth-order valence-corrected chi connectivity index (χ4v) is 12.4. The molecule has 1 unspecified atom stereocenters. The van der Waals surface area contributed by atoms with Gasteiger partial charge in [-0.2, -0.15) is 0 Å². The lowest BCUT2D eigenvalue weighted by Crippen LogP contribution is -2.83. The van der Waals surface area contributed by atoms with Crippen LogP contribution in [0, 0.1) is 36.0 Å². The summed E-state index contributed by atoms with van der Waals surface area (Å²) < 4.78 is 25.3. The van der Waals surface area contributed by atoms with Crippen molar-refractivity contribution >= 4 is 23.6 Å². The van der Waals surface area contributed by atoms with Crippen molar-refractivity contribution in [1.82, 2.24) is 9.88 Å². The quantitative estimate of drug-likeness (QED) is 0.265. The third kappa shape index (κ3) is 4.28. The summed E-state index contributed by atoms with van der Waals surface area (Å²) in [7, 11) is 5.05. The van der Waals surface area contributed by atoms with Crippen molar-refractivity contribution in [3.8, 4) is 0 Å². The van der Waals surface area contributed by atoms with Crippen LogP contribution in [0.1, 0.15) is 60.5 Å². The van der Waals surface area contributed by atoms with E-state index in [2.05, 4.69) is 22.1 Å². The molecule has 1 aromatic heterocycles. The average Bonchev–Trinajstić information content (AvgIpc) is 3.54. The van der Waals surface area contributed by atoms with Gasteiger partial charge in [0.1, 0.15) is 16.8 Å². The number of aromatic nitrogens is 1. The highest BCUT2D eigenvalue weighted by Crippen LogP contribution is 2.79. The number of nitrogens with zero attached hydrogens (tertiary/aromatic N) is 2. The molecular formula is C39H49N3O8. The molecule has 6 aliphatic rings. The summed E-state index contributed by atoms with van der Waals surface area (Å²) in [5.74, 6) is -1.80. The number of likely N-dealkylation sites (N-methyl/N-ethyl adjacent to an activating group) is 1. The third-order valence-electron chi connectivity index (χ3n) is 14.1. The van der Waals surface area contributed by atoms with Crippen LogP contribution in [0.2, 0.25) is 0 Å². The number of nitrogens with one attached hydrogen (secondary N) is 1. The molecule has 5 saturated carbocycles. The molecule has 8 rings (SSSR count). The number of carbonyl (C=O) groups is 2. The van der Waals surface area contributed by atoms with E-state index in [1.54, 1.807) is 64.1 Å². The van der Waals surface area contributed by atoms with E-state index < -0.39 is 34.3 Å². The fraction of sp³-hybridized carbons (Fsp3) is 0.615. The molecule has 0 radical (unpaired) electrons. The summed E-state index contributed by atoms with van der Waals surface area (Å²) in [5, 5.41) is 28.8. The van der Waals surface area contributed by atoms with E-state index in [1.165, 1.54) is 6.08 Å². The van der Waals surface area contributed by atoms with Crippen LogP contribution in [0.4, 0.5) is 5.69 Å². The highest BCUT2D eigenvalue weighted by Gasteiger charge is 2.89. The Hall–Kier alpha value is -3.19. The number of fused-ring (bicyclic) bond motifs is 2. The van der Waals surface area contributed by atoms with Gasteiger partial charge in [-0.3, -0.25) is 14.7 Å². The number of likely N-dealkylation sites (tertiary alicyclic amines) is 1. The predicted molar refractivity (Wildman–Crippen MR) is 184 cm³/mol. The maximum absolute atomic E-state index is 14.4. The number of piperidine rings is 1. The van der Waals surface area contributed by atoms with E-state index in [1.807, 2.05) is 13.0 Å². The van der Waals surface area contributed by atoms with E-state index in [9.17, 15) is 19.8 Å². The molecule has 1 aromatic carbocycles. The zero-order chi connectivity index (χ0) is 35.2. The normalized spacial score (nSPS) is 42.5. The maximum atomic E-state index is 14.4. The molecule has 11 nitrogen and oxygen atoms in total. The van der Waals surface area contributed by atoms with E-state index in [-0.39, 0.29) is 53.4 Å². The lowest BCUT2D eigenvalue weighted by molar-refractivity contribution is -0.337. The van der Waals surface area contributed by atoms with Crippen molar-refractivity contribution < 1.29 is 38.7 Å². The van der Waals surface area contributed by atoms with Crippen LogP contribution in [0.15, 0.2) is 48.8 Å². The topological polar surface area (TPSA) is 140 Å². The first-order chi connectivity index (χ1) is 24.0. The fourth-order valence-electron chi connectivity index (χ4n) is 12.4. The van der Waals surface area contributed by atoms with Crippen molar-refractivity contribution in [3.63, 3.8) is 0 Å². The number of benzene rings is 1. The van der Waals surface area contributed by atoms with Gasteiger partial charge in [-0.05, 0) is 74.6 Å². The number of anilines is 1. The highest BCUT2D eigenvalue weighted by atomic mass is 16.6. The third-order valence-corrected chi connectivity index (χ3v) is 14.1. The van der Waals surface area contributed by atoms with E-state index in [0.29, 0.717) is 50.9 Å². The molecule has 5 aliphatic carbocycles. The van der Waals surface area contributed by atoms with E-state index >= 15 is 0 Å². The number of hydrogen-bond acceptors (Lipinski definition) is 10. The van der Waals surface area contributed by atoms with Gasteiger partial charge in [0.25, 0.3) is 0 Å². The SMILES string of the molecule is CCN1C[C@]2(OC(=O)c3ccccc3NC(=O)/C=C/c3cnccc3C)CC[C@H](OC)[C@]34C1[C@@H](C[C@H]23)[C@@]1(O)C[C@H](OC)[C@H]2C[C@@H]4[C@]1(O)[C@H]2OC. The Morgan fingerprint density at radius 1 is 1.08 bits per heavy atom. The molecule has 1 amide bonds. The number of aryl methyl sites for hydroxylation is 1. The number of hydrogen-bond donors (Lipinski definition) is 3. The molecule has 11 heteroatoms. The molecule has 268 valence electrons. The Bertz CT molecular complexity index is 1720. The van der Waals surface area contributed by atoms with Crippen molar-refractivity contribution in [2.75, 3.05) is 39.7 Å². The van der Waals surface area contributed by atoms with Gasteiger partial charge < -0.3 is 34.5 Å².